The fraction of sp³-hybridized carbons (Fsp3) is 0.435. The lowest BCUT2D eigenvalue weighted by atomic mass is 10.1. The first-order valence-corrected chi connectivity index (χ1v) is 11.6. The average molecular weight is 557 g/mol. The number of nitrogens with one attached hydrogen (secondary N) is 1. The summed E-state index contributed by atoms with van der Waals surface area (Å²) in [5, 5.41) is 6.29. The van der Waals surface area contributed by atoms with Crippen LogP contribution in [0.15, 0.2) is 24.7 Å². The minimum Gasteiger partial charge on any atom is -0.480 e. The molecule has 208 valence electrons. The molecule has 1 unspecified atom stereocenters. The van der Waals surface area contributed by atoms with Gasteiger partial charge in [-0.1, -0.05) is 0 Å². The Labute approximate surface area is 216 Å². The Kier molecular flexibility index (Phi) is 6.30. The second kappa shape index (κ2) is 9.27. The molecular formula is C23H21F6N7O3. The smallest absolute Gasteiger partial charge is 0.418 e. The van der Waals surface area contributed by atoms with Crippen molar-refractivity contribution >= 4 is 23.1 Å². The third-order valence-electron chi connectivity index (χ3n) is 6.77. The molecule has 3 aromatic heterocycles. The second-order valence-corrected chi connectivity index (χ2v) is 9.39. The van der Waals surface area contributed by atoms with E-state index in [9.17, 15) is 35.9 Å². The molecule has 2 fully saturated rings. The first-order valence-electron chi connectivity index (χ1n) is 11.6. The molecular weight excluding hydrogens is 536 g/mol. The fourth-order valence-corrected chi connectivity index (χ4v) is 4.59. The van der Waals surface area contributed by atoms with Gasteiger partial charge in [0.15, 0.2) is 5.82 Å². The van der Waals surface area contributed by atoms with Crippen molar-refractivity contribution in [3.8, 4) is 17.1 Å². The molecule has 0 bridgehead atoms. The predicted molar refractivity (Wildman–Crippen MR) is 123 cm³/mol. The van der Waals surface area contributed by atoms with E-state index in [1.54, 1.807) is 0 Å². The number of rotatable bonds is 6. The molecule has 4 heterocycles. The molecule has 0 radical (unpaired) electrons. The number of carbonyl (C=O) groups is 2. The van der Waals surface area contributed by atoms with Crippen LogP contribution in [0.1, 0.15) is 28.8 Å². The van der Waals surface area contributed by atoms with Crippen molar-refractivity contribution in [2.24, 2.45) is 5.92 Å². The van der Waals surface area contributed by atoms with Gasteiger partial charge in [-0.2, -0.15) is 18.3 Å². The highest BCUT2D eigenvalue weighted by atomic mass is 19.4. The van der Waals surface area contributed by atoms with E-state index < -0.39 is 71.8 Å². The van der Waals surface area contributed by atoms with Crippen molar-refractivity contribution in [1.82, 2.24) is 29.8 Å². The second-order valence-electron chi connectivity index (χ2n) is 9.39. The average Bonchev–Trinajstić information content (AvgIpc) is 3.18. The van der Waals surface area contributed by atoms with E-state index in [-0.39, 0.29) is 35.8 Å². The number of nitrogens with zero attached hydrogens (tertiary/aromatic N) is 5. The Bertz CT molecular complexity index is 1460. The van der Waals surface area contributed by atoms with Crippen LogP contribution >= 0.6 is 0 Å². The van der Waals surface area contributed by atoms with Crippen molar-refractivity contribution in [3.63, 3.8) is 0 Å². The molecule has 3 aromatic rings. The number of ether oxygens (including phenoxy) is 1. The van der Waals surface area contributed by atoms with Crippen LogP contribution in [0.4, 0.5) is 32.2 Å². The minimum atomic E-state index is -4.79. The van der Waals surface area contributed by atoms with Crippen LogP contribution in [0.25, 0.3) is 16.8 Å². The SMILES string of the molecule is COc1ncc(-c2cc(C(F)(F)F)c3c(N)ncnn23)cc1C(=O)N[C@@H]1CN(C(=O)CC2CC2(F)F)C[C@@H]1F. The van der Waals surface area contributed by atoms with E-state index >= 15 is 0 Å². The van der Waals surface area contributed by atoms with Crippen LogP contribution < -0.4 is 15.8 Å². The third-order valence-corrected chi connectivity index (χ3v) is 6.77. The van der Waals surface area contributed by atoms with Gasteiger partial charge in [-0.15, -0.1) is 0 Å². The van der Waals surface area contributed by atoms with Crippen molar-refractivity contribution in [2.45, 2.75) is 37.2 Å². The van der Waals surface area contributed by atoms with Gasteiger partial charge in [-0.05, 0) is 12.1 Å². The molecule has 1 aliphatic heterocycles. The molecule has 0 spiro atoms. The number of nitrogen functional groups attached to an aromatic ring is 1. The topological polar surface area (TPSA) is 128 Å². The molecule has 1 aliphatic carbocycles. The zero-order valence-corrected chi connectivity index (χ0v) is 20.2. The number of hydrogen-bond donors (Lipinski definition) is 2. The van der Waals surface area contributed by atoms with Crippen LogP contribution in [0.3, 0.4) is 0 Å². The number of pyridine rings is 1. The van der Waals surface area contributed by atoms with Crippen LogP contribution in [0, 0.1) is 5.92 Å². The first-order chi connectivity index (χ1) is 18.3. The Morgan fingerprint density at radius 2 is 1.95 bits per heavy atom. The summed E-state index contributed by atoms with van der Waals surface area (Å²) in [6.07, 6.45) is -5.15. The van der Waals surface area contributed by atoms with Gasteiger partial charge in [0.05, 0.1) is 31.0 Å². The van der Waals surface area contributed by atoms with Crippen LogP contribution in [-0.2, 0) is 11.0 Å². The Morgan fingerprint density at radius 1 is 1.23 bits per heavy atom. The normalized spacial score (nSPS) is 22.2. The quantitative estimate of drug-likeness (QED) is 0.446. The van der Waals surface area contributed by atoms with E-state index in [0.29, 0.717) is 0 Å². The summed E-state index contributed by atoms with van der Waals surface area (Å²) >= 11 is 0. The maximum absolute atomic E-state index is 14.7. The molecule has 10 nitrogen and oxygen atoms in total. The lowest BCUT2D eigenvalue weighted by molar-refractivity contribution is -0.136. The molecule has 39 heavy (non-hydrogen) atoms. The highest BCUT2D eigenvalue weighted by Crippen LogP contribution is 2.51. The molecule has 5 rings (SSSR count). The van der Waals surface area contributed by atoms with Gasteiger partial charge in [0, 0.05) is 37.1 Å². The van der Waals surface area contributed by atoms with E-state index in [1.807, 2.05) is 0 Å². The van der Waals surface area contributed by atoms with Crippen molar-refractivity contribution in [2.75, 3.05) is 25.9 Å². The van der Waals surface area contributed by atoms with Crippen molar-refractivity contribution in [3.05, 3.63) is 35.8 Å². The zero-order chi connectivity index (χ0) is 28.3. The maximum Gasteiger partial charge on any atom is 0.418 e. The van der Waals surface area contributed by atoms with E-state index in [1.165, 1.54) is 13.2 Å². The Balaban J connectivity index is 1.40. The van der Waals surface area contributed by atoms with Crippen molar-refractivity contribution in [1.29, 1.82) is 0 Å². The summed E-state index contributed by atoms with van der Waals surface area (Å²) in [5.74, 6) is -6.08. The number of likely N-dealkylation sites (tertiary alicyclic amines) is 1. The van der Waals surface area contributed by atoms with Crippen molar-refractivity contribution < 1.29 is 40.7 Å². The van der Waals surface area contributed by atoms with E-state index in [4.69, 9.17) is 10.5 Å². The molecule has 16 heteroatoms. The number of nitrogens with two attached hydrogens (primary N) is 1. The number of fused-ring (bicyclic) bond motifs is 1. The summed E-state index contributed by atoms with van der Waals surface area (Å²) in [6.45, 7) is -0.622. The van der Waals surface area contributed by atoms with Gasteiger partial charge in [-0.3, -0.25) is 9.59 Å². The van der Waals surface area contributed by atoms with Crippen LogP contribution in [0.5, 0.6) is 5.88 Å². The summed E-state index contributed by atoms with van der Waals surface area (Å²) in [7, 11) is 1.21. The summed E-state index contributed by atoms with van der Waals surface area (Å²) < 4.78 is 88.1. The van der Waals surface area contributed by atoms with Crippen LogP contribution in [-0.4, -0.2) is 74.6 Å². The fourth-order valence-electron chi connectivity index (χ4n) is 4.59. The molecule has 1 saturated carbocycles. The number of anilines is 1. The number of methoxy groups -OCH3 is 1. The predicted octanol–water partition coefficient (Wildman–Crippen LogP) is 2.72. The monoisotopic (exact) mass is 557 g/mol. The van der Waals surface area contributed by atoms with Crippen LogP contribution in [0.2, 0.25) is 0 Å². The van der Waals surface area contributed by atoms with Gasteiger partial charge in [-0.25, -0.2) is 27.7 Å². The van der Waals surface area contributed by atoms with Gasteiger partial charge in [0.25, 0.3) is 11.8 Å². The van der Waals surface area contributed by atoms with E-state index in [0.717, 1.165) is 28.0 Å². The number of hydrogen-bond acceptors (Lipinski definition) is 7. The standard InChI is InChI=1S/C23H21F6N7O3/c1-39-21-12(20(38)34-15-8-35(7-14(15)24)17(37)3-11-5-22(11,25)26)2-10(6-31-21)16-4-13(23(27,28)29)18-19(30)32-9-33-36(16)18/h2,4,6,9,11,14-15H,3,5,7-8H2,1H3,(H,34,38)(H2,30,32,33)/t11?,14-,15+/m0/s1. The lowest BCUT2D eigenvalue weighted by Crippen LogP contribution is -2.42. The molecule has 2 amide bonds. The maximum atomic E-state index is 14.7. The summed E-state index contributed by atoms with van der Waals surface area (Å²) in [4.78, 5) is 34.1. The molecule has 2 aliphatic rings. The van der Waals surface area contributed by atoms with E-state index in [2.05, 4.69) is 20.4 Å². The molecule has 3 atom stereocenters. The number of alkyl halides is 6. The Hall–Kier alpha value is -4.11. The lowest BCUT2D eigenvalue weighted by Gasteiger charge is -2.17. The number of halogens is 6. The number of aromatic nitrogens is 4. The minimum absolute atomic E-state index is 0.0370. The first kappa shape index (κ1) is 26.5. The summed E-state index contributed by atoms with van der Waals surface area (Å²) in [6, 6.07) is 0.822. The highest BCUT2D eigenvalue weighted by Gasteiger charge is 2.57. The zero-order valence-electron chi connectivity index (χ0n) is 20.2. The molecule has 0 aromatic carbocycles. The highest BCUT2D eigenvalue weighted by molar-refractivity contribution is 5.98. The summed E-state index contributed by atoms with van der Waals surface area (Å²) in [5.41, 5.74) is 3.80. The van der Waals surface area contributed by atoms with Gasteiger partial charge >= 0.3 is 6.18 Å². The molecule has 3 N–H and O–H groups in total. The molecule has 1 saturated heterocycles. The number of carbonyl (C=O) groups excluding carboxylic acids is 2. The van der Waals surface area contributed by atoms with Gasteiger partial charge < -0.3 is 20.7 Å². The van der Waals surface area contributed by atoms with Gasteiger partial charge in [0.2, 0.25) is 11.8 Å². The number of amides is 2. The largest absolute Gasteiger partial charge is 0.480 e. The Morgan fingerprint density at radius 3 is 2.59 bits per heavy atom. The third kappa shape index (κ3) is 4.90. The van der Waals surface area contributed by atoms with Gasteiger partial charge in [0.1, 0.15) is 23.6 Å².